The lowest BCUT2D eigenvalue weighted by Crippen LogP contribution is -2.57. The van der Waals surface area contributed by atoms with Crippen molar-refractivity contribution in [2.45, 2.75) is 23.7 Å². The molecular weight excluding hydrogens is 1010 g/mol. The molecule has 5 aliphatic carbocycles. The molecule has 0 saturated heterocycles. The Morgan fingerprint density at radius 3 is 0.524 bits per heavy atom. The van der Waals surface area contributed by atoms with Gasteiger partial charge < -0.3 is 0 Å². The molecule has 1 aromatic heterocycles. The molecule has 32 aromatic carbocycles. The predicted octanol–water partition coefficient (Wildman–Crippen LogP) is 21.5. The summed E-state index contributed by atoms with van der Waals surface area (Å²) in [5, 5.41) is 96.9. The summed E-state index contributed by atoms with van der Waals surface area (Å²) in [6.07, 6.45) is 1.74. The Labute approximate surface area is 459 Å². The Bertz CT molecular complexity index is 8240. The highest BCUT2D eigenvalue weighted by Gasteiger charge is 2.71. The zero-order valence-electron chi connectivity index (χ0n) is 43.1. The quantitative estimate of drug-likeness (QED) is 0.112. The van der Waals surface area contributed by atoms with E-state index in [1.165, 1.54) is 43.7 Å². The van der Waals surface area contributed by atoms with Crippen molar-refractivity contribution in [1.82, 2.24) is 9.97 Å². The smallest absolute Gasteiger partial charge is 0.0897 e. The highest BCUT2D eigenvalue weighted by Crippen LogP contribution is 2.85. The monoisotopic (exact) mass is 1030 g/mol. The average Bonchev–Trinajstić information content (AvgIpc) is 1.38. The first-order chi connectivity index (χ1) is 41.8. The first-order valence-electron chi connectivity index (χ1n) is 31.1. The molecule has 33 aromatic rings. The van der Waals surface area contributed by atoms with Crippen molar-refractivity contribution < 1.29 is 0 Å². The van der Waals surface area contributed by atoms with Crippen molar-refractivity contribution in [3.8, 4) is 0 Å². The Morgan fingerprint density at radius 2 is 0.345 bits per heavy atom. The van der Waals surface area contributed by atoms with Gasteiger partial charge in [0.2, 0.25) is 0 Å². The number of benzene rings is 22. The molecular formula is C82H14N2. The van der Waals surface area contributed by atoms with Gasteiger partial charge in [-0.3, -0.25) is 0 Å². The Balaban J connectivity index is 0.932. The second-order valence-corrected chi connectivity index (χ2v) is 30.0. The van der Waals surface area contributed by atoms with Gasteiger partial charge in [0.1, 0.15) is 0 Å². The fourth-order valence-electron chi connectivity index (χ4n) is 28.5. The molecule has 2 spiro atoms. The topological polar surface area (TPSA) is 25.8 Å². The minimum absolute atomic E-state index is 0.381. The van der Waals surface area contributed by atoms with Crippen LogP contribution in [-0.4, -0.2) is 9.97 Å². The molecule has 0 saturated carbocycles. The molecule has 1 heterocycles. The molecule has 38 rings (SSSR count). The molecule has 5 aliphatic rings. The molecule has 0 fully saturated rings. The van der Waals surface area contributed by atoms with E-state index in [-0.39, 0.29) is 10.8 Å². The Hall–Kier alpha value is -10.5. The van der Waals surface area contributed by atoms with Crippen LogP contribution < -0.4 is 0 Å². The summed E-state index contributed by atoms with van der Waals surface area (Å²) in [7, 11) is 0. The van der Waals surface area contributed by atoms with Crippen molar-refractivity contribution in [2.24, 2.45) is 0 Å². The third-order valence-electron chi connectivity index (χ3n) is 29.2. The minimum Gasteiger partial charge on any atom is -0.249 e. The van der Waals surface area contributed by atoms with Gasteiger partial charge in [-0.25, -0.2) is 9.97 Å². The molecule has 2 nitrogen and oxygen atoms in total. The van der Waals surface area contributed by atoms with E-state index in [0.29, 0.717) is 0 Å². The van der Waals surface area contributed by atoms with Gasteiger partial charge in [0, 0.05) is 23.7 Å². The van der Waals surface area contributed by atoms with Gasteiger partial charge in [-0.1, -0.05) is 48.5 Å². The molecule has 0 bridgehead atoms. The van der Waals surface area contributed by atoms with Crippen LogP contribution in [0.25, 0.3) is 334 Å². The van der Waals surface area contributed by atoms with Crippen LogP contribution in [0, 0.1) is 0 Å². The number of hydrogen-bond acceptors (Lipinski definition) is 2. The van der Waals surface area contributed by atoms with E-state index >= 15 is 0 Å². The highest BCUT2D eigenvalue weighted by molar-refractivity contribution is 6.82. The van der Waals surface area contributed by atoms with E-state index in [0.717, 1.165) is 23.9 Å². The van der Waals surface area contributed by atoms with E-state index in [1.54, 1.807) is 313 Å². The Kier molecular flexibility index (Phi) is 2.94. The van der Waals surface area contributed by atoms with Crippen LogP contribution in [0.2, 0.25) is 0 Å². The van der Waals surface area contributed by atoms with E-state index in [2.05, 4.69) is 60.7 Å². The lowest BCUT2D eigenvalue weighted by atomic mass is 9.44. The maximum absolute atomic E-state index is 6.19. The number of rotatable bonds is 0. The second kappa shape index (κ2) is 7.68. The van der Waals surface area contributed by atoms with Crippen LogP contribution in [0.3, 0.4) is 0 Å². The predicted molar refractivity (Wildman–Crippen MR) is 353 cm³/mol. The van der Waals surface area contributed by atoms with Gasteiger partial charge in [-0.15, -0.1) is 0 Å². The lowest BCUT2D eigenvalue weighted by molar-refractivity contribution is 0.290. The largest absolute Gasteiger partial charge is 0.249 e. The molecule has 0 radical (unpaired) electrons. The van der Waals surface area contributed by atoms with Crippen LogP contribution in [0.4, 0.5) is 0 Å². The first-order valence-corrected chi connectivity index (χ1v) is 31.1. The summed E-state index contributed by atoms with van der Waals surface area (Å²) < 4.78 is 0. The number of nitrogens with zero attached hydrogens (tertiary/aromatic N) is 2. The first kappa shape index (κ1) is 32.2. The van der Waals surface area contributed by atoms with Gasteiger partial charge in [0.05, 0.1) is 22.4 Å². The van der Waals surface area contributed by atoms with E-state index in [1.807, 2.05) is 0 Å². The van der Waals surface area contributed by atoms with Crippen molar-refractivity contribution in [1.29, 1.82) is 0 Å². The SMILES string of the molecule is c1ccc2c(c1)c1ccccc1c1cc3nc4c(nc3cc21)CC12c3c5c6c7c8c9c(c%10c%11c1c1c3c3c%12c5c5c6c6c8c8c%13c9c9c%10c%10c%11c%11c1c1c3c3c%12c%12c5c5c6c8c6c8c%13c9c9c%10c%10c%11c1c1c3c3c%12c5c6c5c8c9c%10c1c35)C72C4. The highest BCUT2D eigenvalue weighted by atomic mass is 14.9. The summed E-state index contributed by atoms with van der Waals surface area (Å²) in [5.74, 6) is 0. The summed E-state index contributed by atoms with van der Waals surface area (Å²) in [4.78, 5) is 12.4. The van der Waals surface area contributed by atoms with Gasteiger partial charge in [0.15, 0.2) is 0 Å². The summed E-state index contributed by atoms with van der Waals surface area (Å²) >= 11 is 0. The van der Waals surface area contributed by atoms with Crippen molar-refractivity contribution in [2.75, 3.05) is 0 Å². The molecule has 84 heavy (non-hydrogen) atoms. The van der Waals surface area contributed by atoms with Gasteiger partial charge in [0.25, 0.3) is 0 Å². The van der Waals surface area contributed by atoms with Crippen LogP contribution >= 0.6 is 0 Å². The van der Waals surface area contributed by atoms with Crippen LogP contribution in [-0.2, 0) is 23.7 Å². The van der Waals surface area contributed by atoms with E-state index in [4.69, 9.17) is 9.97 Å². The normalized spacial score (nSPS) is 20.9. The molecule has 0 N–H and O–H groups in total. The van der Waals surface area contributed by atoms with Crippen molar-refractivity contribution >= 4 is 334 Å². The second-order valence-electron chi connectivity index (χ2n) is 30.0. The molecule has 0 aliphatic heterocycles. The van der Waals surface area contributed by atoms with Crippen molar-refractivity contribution in [3.63, 3.8) is 0 Å². The maximum Gasteiger partial charge on any atom is 0.0897 e. The molecule has 2 heteroatoms. The third-order valence-corrected chi connectivity index (χ3v) is 29.2. The van der Waals surface area contributed by atoms with Gasteiger partial charge >= 0.3 is 0 Å². The number of hydrogen-bond donors (Lipinski definition) is 0. The summed E-state index contributed by atoms with van der Waals surface area (Å²) in [5.41, 5.74) is 10.7. The molecule has 0 amide bonds. The van der Waals surface area contributed by atoms with Crippen LogP contribution in [0.5, 0.6) is 0 Å². The molecule has 0 atom stereocenters. The number of fused-ring (bicyclic) bond motifs is 8. The molecule has 0 unspecified atom stereocenters. The summed E-state index contributed by atoms with van der Waals surface area (Å²) in [6, 6.07) is 23.1. The maximum atomic E-state index is 6.19. The zero-order valence-corrected chi connectivity index (χ0v) is 43.1. The number of aromatic nitrogens is 2. The minimum atomic E-state index is -0.381. The van der Waals surface area contributed by atoms with Crippen LogP contribution in [0.1, 0.15) is 33.6 Å². The van der Waals surface area contributed by atoms with Gasteiger partial charge in [-0.2, -0.15) is 0 Å². The standard InChI is InChI=1S/C82H14N2/c1-3-7-15-13(5-1)14-6-2-4-8-16(14)18-10-20-19(9-17(15)18)83-21-11-81-77-69-61-51-41-33-25-23-24-27-31-29(25)37-45-39(31)49-43-35(27)36-28(24)32-30-26(23)34(33)42-48-38(30)46-40(32)50-44(36)54-53(43)63-57(49)67-59(45)65(55(61)47(37)41)73(77)75(67)79-71(63)72-64(54)58(50)68-60(46)66-56(48)62(52(42)51)70(69)78(81)74(66)76(68)80(72)82(79,81)12-22(21)84-20/h1-10H,11-12H2. The third kappa shape index (κ3) is 1.88. The summed E-state index contributed by atoms with van der Waals surface area (Å²) in [6.45, 7) is 0. The zero-order chi connectivity index (χ0) is 50.2. The molecule has 352 valence electrons. The van der Waals surface area contributed by atoms with Crippen molar-refractivity contribution in [3.05, 3.63) is 94.3 Å². The lowest BCUT2D eigenvalue weighted by Gasteiger charge is -2.56. The fraction of sp³-hybridized carbons (Fsp3) is 0.0488. The van der Waals surface area contributed by atoms with Crippen LogP contribution in [0.15, 0.2) is 60.7 Å². The van der Waals surface area contributed by atoms with E-state index < -0.39 is 0 Å². The fourth-order valence-corrected chi connectivity index (χ4v) is 28.5. The Morgan fingerprint density at radius 1 is 0.190 bits per heavy atom. The average molecular weight is 1030 g/mol. The van der Waals surface area contributed by atoms with Gasteiger partial charge in [-0.05, 0) is 358 Å². The van der Waals surface area contributed by atoms with E-state index in [9.17, 15) is 0 Å².